The average Bonchev–Trinajstić information content (AvgIpc) is 2.94. The molecule has 0 aromatic carbocycles. The molecule has 0 fully saturated rings. The van der Waals surface area contributed by atoms with Gasteiger partial charge in [-0.25, -0.2) is 0 Å². The molecule has 1 N–H and O–H groups in total. The predicted molar refractivity (Wildman–Crippen MR) is 87.7 cm³/mol. The van der Waals surface area contributed by atoms with E-state index in [0.717, 1.165) is 24.4 Å². The maximum Gasteiger partial charge on any atom is 0.312 e. The molecule has 2 rings (SSSR count). The molecule has 0 saturated carbocycles. The van der Waals surface area contributed by atoms with E-state index in [2.05, 4.69) is 15.5 Å². The highest BCUT2D eigenvalue weighted by atomic mass is 16.6. The van der Waals surface area contributed by atoms with Gasteiger partial charge in [-0.2, -0.15) is 10.2 Å². The van der Waals surface area contributed by atoms with E-state index in [4.69, 9.17) is 0 Å². The Kier molecular flexibility index (Phi) is 5.32. The zero-order chi connectivity index (χ0) is 17.9. The fraction of sp³-hybridized carbons (Fsp3) is 0.533. The summed E-state index contributed by atoms with van der Waals surface area (Å²) in [6, 6.07) is 2.01. The van der Waals surface area contributed by atoms with Crippen LogP contribution in [0.1, 0.15) is 29.2 Å². The zero-order valence-corrected chi connectivity index (χ0v) is 14.4. The Balaban J connectivity index is 1.83. The van der Waals surface area contributed by atoms with Crippen LogP contribution >= 0.6 is 0 Å². The Hall–Kier alpha value is -2.71. The summed E-state index contributed by atoms with van der Waals surface area (Å²) in [5, 5.41) is 22.2. The lowest BCUT2D eigenvalue weighted by molar-refractivity contribution is -0.386. The number of carbonyl (C=O) groups excluding carboxylic acids is 1. The summed E-state index contributed by atoms with van der Waals surface area (Å²) in [5.41, 5.74) is 2.73. The van der Waals surface area contributed by atoms with Crippen LogP contribution in [0.15, 0.2) is 6.07 Å². The number of nitrogens with zero attached hydrogens (tertiary/aromatic N) is 5. The van der Waals surface area contributed by atoms with Gasteiger partial charge in [-0.1, -0.05) is 0 Å². The number of rotatable bonds is 7. The monoisotopic (exact) mass is 334 g/mol. The van der Waals surface area contributed by atoms with Crippen molar-refractivity contribution in [2.75, 3.05) is 6.54 Å². The van der Waals surface area contributed by atoms with E-state index in [-0.39, 0.29) is 18.1 Å². The lowest BCUT2D eigenvalue weighted by Crippen LogP contribution is -2.29. The van der Waals surface area contributed by atoms with Gasteiger partial charge in [0.25, 0.3) is 0 Å². The maximum atomic E-state index is 12.0. The standard InChI is InChI=1S/C15H22N6O3/c1-10-8-11(2)19(17-10)7-5-6-16-14(22)9-20-13(4)15(21(23)24)12(3)18-20/h8H,5-7,9H2,1-4H3,(H,16,22). The van der Waals surface area contributed by atoms with Crippen molar-refractivity contribution < 1.29 is 9.72 Å². The minimum absolute atomic E-state index is 0.0274. The summed E-state index contributed by atoms with van der Waals surface area (Å²) in [4.78, 5) is 22.5. The summed E-state index contributed by atoms with van der Waals surface area (Å²) in [6.45, 7) is 8.31. The zero-order valence-electron chi connectivity index (χ0n) is 14.4. The SMILES string of the molecule is Cc1cc(C)n(CCCNC(=O)Cn2nc(C)c([N+](=O)[O-])c2C)n1. The number of aromatic nitrogens is 4. The second-order valence-electron chi connectivity index (χ2n) is 5.79. The van der Waals surface area contributed by atoms with Crippen LogP contribution in [0.3, 0.4) is 0 Å². The minimum atomic E-state index is -0.472. The lowest BCUT2D eigenvalue weighted by Gasteiger charge is -2.07. The molecule has 0 aliphatic rings. The van der Waals surface area contributed by atoms with Crippen LogP contribution in [-0.2, 0) is 17.9 Å². The van der Waals surface area contributed by atoms with E-state index in [0.29, 0.717) is 17.9 Å². The third kappa shape index (κ3) is 3.98. The Morgan fingerprint density at radius 1 is 1.25 bits per heavy atom. The number of nitrogens with one attached hydrogen (secondary N) is 1. The van der Waals surface area contributed by atoms with Gasteiger partial charge in [0.1, 0.15) is 17.9 Å². The van der Waals surface area contributed by atoms with Gasteiger partial charge in [0.15, 0.2) is 0 Å². The average molecular weight is 334 g/mol. The largest absolute Gasteiger partial charge is 0.354 e. The van der Waals surface area contributed by atoms with E-state index in [9.17, 15) is 14.9 Å². The van der Waals surface area contributed by atoms with Crippen LogP contribution in [-0.4, -0.2) is 36.9 Å². The van der Waals surface area contributed by atoms with Crippen LogP contribution in [0.5, 0.6) is 0 Å². The second kappa shape index (κ2) is 7.24. The van der Waals surface area contributed by atoms with E-state index in [1.807, 2.05) is 24.6 Å². The molecule has 24 heavy (non-hydrogen) atoms. The van der Waals surface area contributed by atoms with Crippen molar-refractivity contribution in [2.45, 2.75) is 47.2 Å². The summed E-state index contributed by atoms with van der Waals surface area (Å²) in [5.74, 6) is -0.219. The molecule has 0 radical (unpaired) electrons. The summed E-state index contributed by atoms with van der Waals surface area (Å²) >= 11 is 0. The normalized spacial score (nSPS) is 10.8. The highest BCUT2D eigenvalue weighted by Gasteiger charge is 2.22. The van der Waals surface area contributed by atoms with Crippen molar-refractivity contribution in [3.05, 3.63) is 39.0 Å². The molecule has 130 valence electrons. The van der Waals surface area contributed by atoms with Gasteiger partial charge >= 0.3 is 5.69 Å². The molecule has 2 heterocycles. The minimum Gasteiger partial charge on any atom is -0.354 e. The van der Waals surface area contributed by atoms with Crippen LogP contribution < -0.4 is 5.32 Å². The molecule has 0 bridgehead atoms. The molecule has 0 aliphatic heterocycles. The van der Waals surface area contributed by atoms with Crippen molar-refractivity contribution in [3.63, 3.8) is 0 Å². The van der Waals surface area contributed by atoms with Crippen molar-refractivity contribution in [1.29, 1.82) is 0 Å². The van der Waals surface area contributed by atoms with Gasteiger partial charge in [-0.3, -0.25) is 24.3 Å². The Morgan fingerprint density at radius 3 is 2.50 bits per heavy atom. The molecule has 0 unspecified atom stereocenters. The number of carbonyl (C=O) groups is 1. The molecule has 2 aromatic rings. The first kappa shape index (κ1) is 17.6. The number of nitro groups is 1. The molecule has 2 aromatic heterocycles. The highest BCUT2D eigenvalue weighted by molar-refractivity contribution is 5.75. The van der Waals surface area contributed by atoms with Crippen molar-refractivity contribution in [1.82, 2.24) is 24.9 Å². The first-order valence-corrected chi connectivity index (χ1v) is 7.75. The van der Waals surface area contributed by atoms with Crippen molar-refractivity contribution in [3.8, 4) is 0 Å². The smallest absolute Gasteiger partial charge is 0.312 e. The van der Waals surface area contributed by atoms with E-state index >= 15 is 0 Å². The third-order valence-electron chi connectivity index (χ3n) is 3.79. The highest BCUT2D eigenvalue weighted by Crippen LogP contribution is 2.21. The molecule has 9 heteroatoms. The molecular formula is C15H22N6O3. The number of hydrogen-bond donors (Lipinski definition) is 1. The first-order valence-electron chi connectivity index (χ1n) is 7.75. The van der Waals surface area contributed by atoms with Gasteiger partial charge in [0.05, 0.1) is 10.6 Å². The molecule has 0 spiro atoms. The van der Waals surface area contributed by atoms with Crippen LogP contribution in [0.2, 0.25) is 0 Å². The quantitative estimate of drug-likeness (QED) is 0.468. The molecule has 1 amide bonds. The van der Waals surface area contributed by atoms with E-state index < -0.39 is 4.92 Å². The summed E-state index contributed by atoms with van der Waals surface area (Å²) in [7, 11) is 0. The van der Waals surface area contributed by atoms with E-state index in [1.165, 1.54) is 4.68 Å². The maximum absolute atomic E-state index is 12.0. The molecule has 0 saturated heterocycles. The van der Waals surface area contributed by atoms with Gasteiger partial charge in [0, 0.05) is 18.8 Å². The van der Waals surface area contributed by atoms with Crippen LogP contribution in [0.25, 0.3) is 0 Å². The first-order chi connectivity index (χ1) is 11.3. The second-order valence-corrected chi connectivity index (χ2v) is 5.79. The molecule has 9 nitrogen and oxygen atoms in total. The molecular weight excluding hydrogens is 312 g/mol. The number of amides is 1. The van der Waals surface area contributed by atoms with Gasteiger partial charge in [0.2, 0.25) is 5.91 Å². The predicted octanol–water partition coefficient (Wildman–Crippen LogP) is 1.43. The summed E-state index contributed by atoms with van der Waals surface area (Å²) in [6.07, 6.45) is 0.755. The fourth-order valence-electron chi connectivity index (χ4n) is 2.66. The van der Waals surface area contributed by atoms with Crippen LogP contribution in [0, 0.1) is 37.8 Å². The number of hydrogen-bond acceptors (Lipinski definition) is 5. The molecule has 0 atom stereocenters. The van der Waals surface area contributed by atoms with Gasteiger partial charge in [-0.05, 0) is 40.2 Å². The Bertz CT molecular complexity index is 762. The summed E-state index contributed by atoms with van der Waals surface area (Å²) < 4.78 is 3.27. The van der Waals surface area contributed by atoms with Crippen molar-refractivity contribution in [2.24, 2.45) is 0 Å². The third-order valence-corrected chi connectivity index (χ3v) is 3.79. The van der Waals surface area contributed by atoms with Gasteiger partial charge < -0.3 is 5.32 Å². The Morgan fingerprint density at radius 2 is 1.96 bits per heavy atom. The number of aryl methyl sites for hydroxylation is 4. The van der Waals surface area contributed by atoms with Gasteiger partial charge in [-0.15, -0.1) is 0 Å². The topological polar surface area (TPSA) is 108 Å². The van der Waals surface area contributed by atoms with Crippen molar-refractivity contribution >= 4 is 11.6 Å². The van der Waals surface area contributed by atoms with E-state index in [1.54, 1.807) is 13.8 Å². The Labute approximate surface area is 139 Å². The fourth-order valence-corrected chi connectivity index (χ4v) is 2.66. The van der Waals surface area contributed by atoms with Crippen LogP contribution in [0.4, 0.5) is 5.69 Å². The molecule has 0 aliphatic carbocycles. The lowest BCUT2D eigenvalue weighted by atomic mass is 10.3.